The van der Waals surface area contributed by atoms with Crippen molar-refractivity contribution < 1.29 is 14.3 Å². The summed E-state index contributed by atoms with van der Waals surface area (Å²) in [6.45, 7) is 16.5. The van der Waals surface area contributed by atoms with Gasteiger partial charge in [-0.15, -0.1) is 0 Å². The summed E-state index contributed by atoms with van der Waals surface area (Å²) in [5.74, 6) is 0.697. The smallest absolute Gasteiger partial charge is 0.353 e. The molecule has 4 rings (SSSR count). The van der Waals surface area contributed by atoms with Crippen LogP contribution >= 0.6 is 0 Å². The van der Waals surface area contributed by atoms with E-state index in [1.807, 2.05) is 6.07 Å². The summed E-state index contributed by atoms with van der Waals surface area (Å²) in [5, 5.41) is 10.6. The summed E-state index contributed by atoms with van der Waals surface area (Å²) < 4.78 is 12.9. The summed E-state index contributed by atoms with van der Waals surface area (Å²) in [6, 6.07) is 1.91. The number of aliphatic hydroxyl groups excluding tert-OH is 1. The maximum Gasteiger partial charge on any atom is 0.353 e. The van der Waals surface area contributed by atoms with Gasteiger partial charge in [0.2, 0.25) is 5.71 Å². The highest BCUT2D eigenvalue weighted by molar-refractivity contribution is 5.82. The number of aliphatic hydroxyl groups is 1. The van der Waals surface area contributed by atoms with Gasteiger partial charge in [0.25, 0.3) is 0 Å². The van der Waals surface area contributed by atoms with Crippen LogP contribution in [-0.4, -0.2) is 26.9 Å². The van der Waals surface area contributed by atoms with Gasteiger partial charge in [0.05, 0.1) is 17.6 Å². The summed E-state index contributed by atoms with van der Waals surface area (Å²) in [7, 11) is 0. The standard InChI is InChI=1S/C24H28N2O4/c1-7-8-18-12(2)14(4)22(15(5)13(18)3)20-9-17-11-26(24(28)25-23(17)30-20)21-10-19(27)16(6)29-21/h6,9,11,16,19,21,27H,7-8,10H2,1-5H3/t16?,19-,21?/m1/s1. The minimum Gasteiger partial charge on any atom is -0.437 e. The van der Waals surface area contributed by atoms with E-state index in [2.05, 4.69) is 39.6 Å². The number of aromatic nitrogens is 2. The molecule has 1 N–H and O–H groups in total. The fraction of sp³-hybridized carbons (Fsp3) is 0.458. The Kier molecular flexibility index (Phi) is 5.32. The quantitative estimate of drug-likeness (QED) is 0.700. The van der Waals surface area contributed by atoms with Crippen molar-refractivity contribution in [3.05, 3.63) is 57.5 Å². The molecule has 1 fully saturated rings. The summed E-state index contributed by atoms with van der Waals surface area (Å²) in [5.41, 5.74) is 7.19. The highest BCUT2D eigenvalue weighted by Crippen LogP contribution is 2.37. The van der Waals surface area contributed by atoms with Crippen molar-refractivity contribution in [2.45, 2.75) is 72.3 Å². The van der Waals surface area contributed by atoms with Gasteiger partial charge >= 0.3 is 5.69 Å². The molecule has 158 valence electrons. The van der Waals surface area contributed by atoms with E-state index in [1.54, 1.807) is 6.20 Å². The fourth-order valence-corrected chi connectivity index (χ4v) is 4.49. The van der Waals surface area contributed by atoms with Crippen LogP contribution in [-0.2, 0) is 11.2 Å². The zero-order valence-corrected chi connectivity index (χ0v) is 18.2. The van der Waals surface area contributed by atoms with Gasteiger partial charge in [0.15, 0.2) is 0 Å². The highest BCUT2D eigenvalue weighted by atomic mass is 16.5. The van der Waals surface area contributed by atoms with Crippen LogP contribution in [0.25, 0.3) is 22.4 Å². The Morgan fingerprint density at radius 1 is 1.20 bits per heavy atom. The molecule has 30 heavy (non-hydrogen) atoms. The Bertz CT molecular complexity index is 1140. The maximum atomic E-state index is 12.5. The van der Waals surface area contributed by atoms with Gasteiger partial charge in [-0.25, -0.2) is 4.79 Å². The Balaban J connectivity index is 1.83. The molecule has 3 atom stereocenters. The van der Waals surface area contributed by atoms with Gasteiger partial charge in [-0.3, -0.25) is 4.57 Å². The predicted molar refractivity (Wildman–Crippen MR) is 115 cm³/mol. The van der Waals surface area contributed by atoms with E-state index in [0.717, 1.165) is 18.4 Å². The van der Waals surface area contributed by atoms with E-state index >= 15 is 0 Å². The van der Waals surface area contributed by atoms with E-state index in [9.17, 15) is 9.90 Å². The fourth-order valence-electron chi connectivity index (χ4n) is 4.49. The Labute approximate surface area is 176 Å². The summed E-state index contributed by atoms with van der Waals surface area (Å²) in [6.07, 6.45) is 1.81. The molecule has 1 aliphatic heterocycles. The zero-order chi connectivity index (χ0) is 21.7. The third-order valence-electron chi connectivity index (χ3n) is 6.41. The third-order valence-corrected chi connectivity index (χ3v) is 6.41. The number of rotatable bonds is 4. The van der Waals surface area contributed by atoms with Gasteiger partial charge < -0.3 is 14.3 Å². The first-order chi connectivity index (χ1) is 14.2. The molecule has 1 aromatic carbocycles. The topological polar surface area (TPSA) is 77.5 Å². The molecule has 1 saturated heterocycles. The van der Waals surface area contributed by atoms with Crippen LogP contribution in [0, 0.1) is 34.6 Å². The lowest BCUT2D eigenvalue weighted by Gasteiger charge is -2.19. The first kappa shape index (κ1) is 20.8. The maximum absolute atomic E-state index is 12.5. The first-order valence-corrected chi connectivity index (χ1v) is 10.4. The molecule has 1 aliphatic rings. The molecule has 2 radical (unpaired) electrons. The van der Waals surface area contributed by atoms with Crippen LogP contribution in [0.1, 0.15) is 53.8 Å². The van der Waals surface area contributed by atoms with Crippen molar-refractivity contribution in [3.63, 3.8) is 0 Å². The van der Waals surface area contributed by atoms with Crippen molar-refractivity contribution in [1.82, 2.24) is 9.55 Å². The highest BCUT2D eigenvalue weighted by Gasteiger charge is 2.33. The molecule has 0 bridgehead atoms. The SMILES string of the molecule is [CH]C1OC(n2cc3cc(-c4c(C)c(C)c(CCC)c(C)c4C)oc3nc2=O)C[C@H]1O. The van der Waals surface area contributed by atoms with E-state index in [4.69, 9.17) is 16.1 Å². The van der Waals surface area contributed by atoms with Crippen molar-refractivity contribution in [1.29, 1.82) is 0 Å². The number of hydrogen-bond donors (Lipinski definition) is 1. The van der Waals surface area contributed by atoms with Gasteiger partial charge in [-0.05, 0) is 74.9 Å². The molecular formula is C24H28N2O4. The Morgan fingerprint density at radius 2 is 1.87 bits per heavy atom. The monoisotopic (exact) mass is 408 g/mol. The molecule has 2 aromatic heterocycles. The average Bonchev–Trinajstić information content (AvgIpc) is 3.25. The molecule has 0 spiro atoms. The van der Waals surface area contributed by atoms with Crippen molar-refractivity contribution in [3.8, 4) is 11.3 Å². The molecule has 0 amide bonds. The van der Waals surface area contributed by atoms with Crippen LogP contribution in [0.5, 0.6) is 0 Å². The molecule has 3 aromatic rings. The van der Waals surface area contributed by atoms with Crippen LogP contribution in [0.15, 0.2) is 21.5 Å². The average molecular weight is 408 g/mol. The summed E-state index contributed by atoms with van der Waals surface area (Å²) in [4.78, 5) is 16.6. The third kappa shape index (κ3) is 3.28. The number of nitrogens with zero attached hydrogens (tertiary/aromatic N) is 2. The van der Waals surface area contributed by atoms with E-state index in [-0.39, 0.29) is 6.42 Å². The van der Waals surface area contributed by atoms with E-state index in [1.165, 1.54) is 32.4 Å². The normalized spacial score (nSPS) is 21.6. The first-order valence-electron chi connectivity index (χ1n) is 10.4. The predicted octanol–water partition coefficient (Wildman–Crippen LogP) is 4.20. The van der Waals surface area contributed by atoms with Crippen molar-refractivity contribution >= 4 is 11.1 Å². The van der Waals surface area contributed by atoms with Crippen molar-refractivity contribution in [2.24, 2.45) is 0 Å². The zero-order valence-electron chi connectivity index (χ0n) is 18.2. The van der Waals surface area contributed by atoms with Crippen LogP contribution in [0.2, 0.25) is 0 Å². The summed E-state index contributed by atoms with van der Waals surface area (Å²) >= 11 is 0. The largest absolute Gasteiger partial charge is 0.437 e. The molecule has 2 unspecified atom stereocenters. The molecule has 6 heteroatoms. The number of ether oxygens (including phenoxy) is 1. The lowest BCUT2D eigenvalue weighted by Crippen LogP contribution is -2.26. The van der Waals surface area contributed by atoms with E-state index in [0.29, 0.717) is 16.9 Å². The second kappa shape index (κ2) is 7.67. The number of furan rings is 1. The molecule has 0 aliphatic carbocycles. The molecular weight excluding hydrogens is 380 g/mol. The van der Waals surface area contributed by atoms with E-state index < -0.39 is 24.1 Å². The molecule has 6 nitrogen and oxygen atoms in total. The van der Waals surface area contributed by atoms with Gasteiger partial charge in [0, 0.05) is 18.2 Å². The van der Waals surface area contributed by atoms with Crippen LogP contribution < -0.4 is 5.69 Å². The molecule has 0 saturated carbocycles. The van der Waals surface area contributed by atoms with Gasteiger partial charge in [-0.1, -0.05) is 13.3 Å². The Morgan fingerprint density at radius 3 is 2.43 bits per heavy atom. The lowest BCUT2D eigenvalue weighted by atomic mass is 9.86. The van der Waals surface area contributed by atoms with Gasteiger partial charge in [-0.2, -0.15) is 4.98 Å². The van der Waals surface area contributed by atoms with Gasteiger partial charge in [0.1, 0.15) is 12.0 Å². The molecule has 3 heterocycles. The minimum atomic E-state index is -0.810. The number of fused-ring (bicyclic) bond motifs is 1. The van der Waals surface area contributed by atoms with Crippen molar-refractivity contribution in [2.75, 3.05) is 0 Å². The second-order valence-corrected chi connectivity index (χ2v) is 8.26. The van der Waals surface area contributed by atoms with Crippen LogP contribution in [0.4, 0.5) is 0 Å². The van der Waals surface area contributed by atoms with Crippen LogP contribution in [0.3, 0.4) is 0 Å². The number of benzene rings is 1. The minimum absolute atomic E-state index is 0.245. The lowest BCUT2D eigenvalue weighted by molar-refractivity contribution is 0.00363. The Hall–Kier alpha value is -2.44. The second-order valence-electron chi connectivity index (χ2n) is 8.26. The number of hydrogen-bond acceptors (Lipinski definition) is 5.